The third-order valence-corrected chi connectivity index (χ3v) is 6.96. The monoisotopic (exact) mass is 536 g/mol. The molecule has 1 atom stereocenters. The van der Waals surface area contributed by atoms with E-state index >= 15 is 0 Å². The van der Waals surface area contributed by atoms with E-state index in [2.05, 4.69) is 4.98 Å². The molecule has 1 fully saturated rings. The van der Waals surface area contributed by atoms with Crippen LogP contribution >= 0.6 is 11.3 Å². The van der Waals surface area contributed by atoms with Crippen molar-refractivity contribution in [2.24, 2.45) is 0 Å². The van der Waals surface area contributed by atoms with Gasteiger partial charge in [0, 0.05) is 5.56 Å². The minimum atomic E-state index is -1.04. The van der Waals surface area contributed by atoms with Crippen LogP contribution in [0.25, 0.3) is 5.76 Å². The molecule has 38 heavy (non-hydrogen) atoms. The molecule has 1 saturated heterocycles. The number of anilines is 1. The van der Waals surface area contributed by atoms with Crippen molar-refractivity contribution in [1.82, 2.24) is 4.98 Å². The van der Waals surface area contributed by atoms with Crippen molar-refractivity contribution in [2.75, 3.05) is 24.7 Å². The lowest BCUT2D eigenvalue weighted by Gasteiger charge is -2.24. The number of aryl methyl sites for hydroxylation is 1. The van der Waals surface area contributed by atoms with Gasteiger partial charge in [0.05, 0.1) is 37.1 Å². The van der Waals surface area contributed by atoms with Crippen LogP contribution in [0.3, 0.4) is 0 Å². The summed E-state index contributed by atoms with van der Waals surface area (Å²) < 4.78 is 16.6. The summed E-state index contributed by atoms with van der Waals surface area (Å²) in [4.78, 5) is 45.2. The van der Waals surface area contributed by atoms with Gasteiger partial charge in [0.2, 0.25) is 0 Å². The summed E-state index contributed by atoms with van der Waals surface area (Å²) in [5.41, 5.74) is 1.15. The Morgan fingerprint density at radius 2 is 1.68 bits per heavy atom. The highest BCUT2D eigenvalue weighted by Gasteiger charge is 2.48. The molecule has 10 heteroatoms. The second-order valence-corrected chi connectivity index (χ2v) is 9.22. The van der Waals surface area contributed by atoms with Crippen LogP contribution in [0.15, 0.2) is 54.1 Å². The third-order valence-electron chi connectivity index (χ3n) is 5.83. The number of rotatable bonds is 9. The molecular formula is C28H28N2O7S. The Bertz CT molecular complexity index is 1400. The van der Waals surface area contributed by atoms with Crippen molar-refractivity contribution >= 4 is 39.9 Å². The van der Waals surface area contributed by atoms with Gasteiger partial charge >= 0.3 is 11.9 Å². The van der Waals surface area contributed by atoms with Crippen molar-refractivity contribution < 1.29 is 33.7 Å². The SMILES string of the molecule is CCOC(=O)c1sc(N2C(=O)C(=O)C(=C(O)c3ccccc3)C2c2ccc(OCC)c(OCC)c2)nc1C. The fraction of sp³-hybridized carbons (Fsp3) is 0.286. The fourth-order valence-electron chi connectivity index (χ4n) is 4.21. The number of carbonyl (C=O) groups is 3. The zero-order chi connectivity index (χ0) is 27.4. The number of thiazole rings is 1. The predicted octanol–water partition coefficient (Wildman–Crippen LogP) is 5.05. The van der Waals surface area contributed by atoms with E-state index in [0.29, 0.717) is 41.5 Å². The number of benzene rings is 2. The summed E-state index contributed by atoms with van der Waals surface area (Å²) in [6.45, 7) is 7.97. The third kappa shape index (κ3) is 4.99. The second kappa shape index (κ2) is 11.5. The number of amides is 1. The molecule has 0 aliphatic carbocycles. The van der Waals surface area contributed by atoms with E-state index < -0.39 is 23.7 Å². The van der Waals surface area contributed by atoms with E-state index in [-0.39, 0.29) is 27.9 Å². The molecule has 1 amide bonds. The summed E-state index contributed by atoms with van der Waals surface area (Å²) in [5.74, 6) is -1.68. The highest BCUT2D eigenvalue weighted by atomic mass is 32.1. The number of aliphatic hydroxyl groups is 1. The fourth-order valence-corrected chi connectivity index (χ4v) is 5.19. The molecule has 0 spiro atoms. The molecule has 3 aromatic rings. The van der Waals surface area contributed by atoms with Crippen LogP contribution in [0.5, 0.6) is 11.5 Å². The lowest BCUT2D eigenvalue weighted by molar-refractivity contribution is -0.132. The van der Waals surface area contributed by atoms with E-state index in [4.69, 9.17) is 14.2 Å². The molecule has 1 N–H and O–H groups in total. The van der Waals surface area contributed by atoms with Crippen LogP contribution in [0.4, 0.5) is 5.13 Å². The lowest BCUT2D eigenvalue weighted by Crippen LogP contribution is -2.29. The molecule has 198 valence electrons. The summed E-state index contributed by atoms with van der Waals surface area (Å²) in [7, 11) is 0. The summed E-state index contributed by atoms with van der Waals surface area (Å²) in [6.07, 6.45) is 0. The minimum Gasteiger partial charge on any atom is -0.507 e. The van der Waals surface area contributed by atoms with Crippen LogP contribution < -0.4 is 14.4 Å². The standard InChI is InChI=1S/C28H28N2O7S/c1-5-35-19-14-13-18(15-20(19)36-6-2)22-21(23(31)17-11-9-8-10-12-17)24(32)26(33)30(22)28-29-16(4)25(38-28)27(34)37-7-3/h8-15,22,31H,5-7H2,1-4H3. The second-order valence-electron chi connectivity index (χ2n) is 8.24. The number of aliphatic hydroxyl groups excluding tert-OH is 1. The van der Waals surface area contributed by atoms with E-state index in [1.54, 1.807) is 62.4 Å². The zero-order valence-electron chi connectivity index (χ0n) is 21.5. The van der Waals surface area contributed by atoms with Crippen molar-refractivity contribution in [3.63, 3.8) is 0 Å². The Morgan fingerprint density at radius 3 is 2.34 bits per heavy atom. The number of aromatic nitrogens is 1. The van der Waals surface area contributed by atoms with E-state index in [9.17, 15) is 19.5 Å². The van der Waals surface area contributed by atoms with Gasteiger partial charge in [0.1, 0.15) is 10.6 Å². The largest absolute Gasteiger partial charge is 0.507 e. The highest BCUT2D eigenvalue weighted by molar-refractivity contribution is 7.17. The Kier molecular flexibility index (Phi) is 8.11. The Hall–Kier alpha value is -4.18. The van der Waals surface area contributed by atoms with Gasteiger partial charge in [0.25, 0.3) is 5.78 Å². The van der Waals surface area contributed by atoms with Gasteiger partial charge in [-0.15, -0.1) is 0 Å². The summed E-state index contributed by atoms with van der Waals surface area (Å²) in [5, 5.41) is 11.4. The number of hydrogen-bond donors (Lipinski definition) is 1. The maximum atomic E-state index is 13.5. The number of ketones is 1. The summed E-state index contributed by atoms with van der Waals surface area (Å²) in [6, 6.07) is 12.6. The van der Waals surface area contributed by atoms with E-state index in [0.717, 1.165) is 11.3 Å². The van der Waals surface area contributed by atoms with E-state index in [1.165, 1.54) is 4.90 Å². The molecule has 0 bridgehead atoms. The van der Waals surface area contributed by atoms with Crippen molar-refractivity contribution in [3.8, 4) is 11.5 Å². The number of carbonyl (C=O) groups excluding carboxylic acids is 3. The predicted molar refractivity (Wildman–Crippen MR) is 143 cm³/mol. The summed E-state index contributed by atoms with van der Waals surface area (Å²) >= 11 is 0.951. The molecular weight excluding hydrogens is 508 g/mol. The molecule has 2 aromatic carbocycles. The quantitative estimate of drug-likeness (QED) is 0.175. The molecule has 1 aliphatic heterocycles. The number of ether oxygens (including phenoxy) is 3. The molecule has 4 rings (SSSR count). The van der Waals surface area contributed by atoms with Gasteiger partial charge in [-0.25, -0.2) is 9.78 Å². The molecule has 0 saturated carbocycles. The van der Waals surface area contributed by atoms with Crippen LogP contribution in [0, 0.1) is 6.92 Å². The zero-order valence-corrected chi connectivity index (χ0v) is 22.3. The molecule has 1 aliphatic rings. The Labute approximate surface area is 224 Å². The first-order valence-electron chi connectivity index (χ1n) is 12.2. The van der Waals surface area contributed by atoms with Crippen LogP contribution in [0.1, 0.15) is 53.3 Å². The first-order valence-corrected chi connectivity index (χ1v) is 13.0. The van der Waals surface area contributed by atoms with Crippen molar-refractivity contribution in [1.29, 1.82) is 0 Å². The Balaban J connectivity index is 1.93. The van der Waals surface area contributed by atoms with Crippen LogP contribution in [0.2, 0.25) is 0 Å². The maximum Gasteiger partial charge on any atom is 0.350 e. The van der Waals surface area contributed by atoms with Crippen molar-refractivity contribution in [3.05, 3.63) is 75.8 Å². The number of esters is 1. The van der Waals surface area contributed by atoms with Crippen LogP contribution in [-0.2, 0) is 14.3 Å². The lowest BCUT2D eigenvalue weighted by atomic mass is 9.95. The Morgan fingerprint density at radius 1 is 1.00 bits per heavy atom. The smallest absolute Gasteiger partial charge is 0.350 e. The average molecular weight is 537 g/mol. The van der Waals surface area contributed by atoms with Crippen LogP contribution in [-0.4, -0.2) is 47.6 Å². The topological polar surface area (TPSA) is 115 Å². The van der Waals surface area contributed by atoms with Gasteiger partial charge < -0.3 is 19.3 Å². The first kappa shape index (κ1) is 26.9. The van der Waals surface area contributed by atoms with Gasteiger partial charge in [-0.2, -0.15) is 0 Å². The first-order chi connectivity index (χ1) is 18.3. The number of Topliss-reactive ketones (excluding diaryl/α,β-unsaturated/α-hetero) is 1. The minimum absolute atomic E-state index is 0.0988. The molecule has 0 radical (unpaired) electrons. The molecule has 1 aromatic heterocycles. The molecule has 1 unspecified atom stereocenters. The highest BCUT2D eigenvalue weighted by Crippen LogP contribution is 2.45. The average Bonchev–Trinajstić information content (AvgIpc) is 3.42. The van der Waals surface area contributed by atoms with Crippen molar-refractivity contribution in [2.45, 2.75) is 33.7 Å². The molecule has 9 nitrogen and oxygen atoms in total. The van der Waals surface area contributed by atoms with Gasteiger partial charge in [-0.05, 0) is 45.4 Å². The van der Waals surface area contributed by atoms with Gasteiger partial charge in [-0.3, -0.25) is 14.5 Å². The number of hydrogen-bond acceptors (Lipinski definition) is 9. The number of nitrogens with zero attached hydrogens (tertiary/aromatic N) is 2. The normalized spacial score (nSPS) is 16.5. The molecule has 2 heterocycles. The van der Waals surface area contributed by atoms with Gasteiger partial charge in [-0.1, -0.05) is 47.7 Å². The van der Waals surface area contributed by atoms with E-state index in [1.807, 2.05) is 13.8 Å². The van der Waals surface area contributed by atoms with Gasteiger partial charge in [0.15, 0.2) is 16.6 Å². The maximum absolute atomic E-state index is 13.5.